The third-order valence-electron chi connectivity index (χ3n) is 7.09. The van der Waals surface area contributed by atoms with Crippen LogP contribution >= 0.6 is 11.3 Å². The molecule has 3 amide bonds. The first-order valence-corrected chi connectivity index (χ1v) is 12.8. The first kappa shape index (κ1) is 23.1. The van der Waals surface area contributed by atoms with Gasteiger partial charge in [-0.2, -0.15) is 0 Å². The van der Waals surface area contributed by atoms with E-state index in [4.69, 9.17) is 0 Å². The van der Waals surface area contributed by atoms with Crippen LogP contribution in [0.15, 0.2) is 0 Å². The summed E-state index contributed by atoms with van der Waals surface area (Å²) in [7, 11) is 0. The molecule has 0 aromatic carbocycles. The van der Waals surface area contributed by atoms with Crippen molar-refractivity contribution >= 4 is 34.2 Å². The molecule has 0 radical (unpaired) electrons. The summed E-state index contributed by atoms with van der Waals surface area (Å²) < 4.78 is 0. The number of anilines is 1. The van der Waals surface area contributed by atoms with Crippen LogP contribution in [0.1, 0.15) is 83.1 Å². The van der Waals surface area contributed by atoms with E-state index in [1.54, 1.807) is 4.90 Å². The summed E-state index contributed by atoms with van der Waals surface area (Å²) in [6.45, 7) is 7.59. The van der Waals surface area contributed by atoms with Gasteiger partial charge in [-0.3, -0.25) is 14.4 Å². The average Bonchev–Trinajstić information content (AvgIpc) is 3.40. The van der Waals surface area contributed by atoms with Gasteiger partial charge in [0.25, 0.3) is 0 Å². The van der Waals surface area contributed by atoms with Crippen LogP contribution in [-0.2, 0) is 14.4 Å². The van der Waals surface area contributed by atoms with Crippen molar-refractivity contribution in [1.29, 1.82) is 0 Å². The minimum Gasteiger partial charge on any atom is -0.342 e. The molecular formula is C23H35N5O3S. The molecule has 176 valence electrons. The van der Waals surface area contributed by atoms with E-state index in [9.17, 15) is 14.4 Å². The summed E-state index contributed by atoms with van der Waals surface area (Å²) in [4.78, 5) is 41.7. The molecule has 1 saturated carbocycles. The molecule has 2 aliphatic heterocycles. The Labute approximate surface area is 194 Å². The Bertz CT molecular complexity index is 850. The molecule has 1 atom stereocenters. The molecule has 1 aromatic rings. The average molecular weight is 462 g/mol. The highest BCUT2D eigenvalue weighted by atomic mass is 32.1. The van der Waals surface area contributed by atoms with Crippen molar-refractivity contribution in [3.63, 3.8) is 0 Å². The molecule has 3 aliphatic rings. The maximum absolute atomic E-state index is 13.0. The Kier molecular flexibility index (Phi) is 6.83. The monoisotopic (exact) mass is 461 g/mol. The first-order chi connectivity index (χ1) is 15.2. The van der Waals surface area contributed by atoms with E-state index in [-0.39, 0.29) is 41.5 Å². The van der Waals surface area contributed by atoms with Crippen LogP contribution in [0.4, 0.5) is 5.13 Å². The molecule has 9 heteroatoms. The van der Waals surface area contributed by atoms with E-state index in [0.717, 1.165) is 17.8 Å². The van der Waals surface area contributed by atoms with Crippen molar-refractivity contribution < 1.29 is 14.4 Å². The number of nitrogens with zero attached hydrogens (tertiary/aromatic N) is 4. The maximum atomic E-state index is 13.0. The van der Waals surface area contributed by atoms with Crippen molar-refractivity contribution in [2.45, 2.75) is 83.6 Å². The van der Waals surface area contributed by atoms with Gasteiger partial charge in [0.15, 0.2) is 0 Å². The van der Waals surface area contributed by atoms with Gasteiger partial charge in [0.2, 0.25) is 22.9 Å². The highest BCUT2D eigenvalue weighted by molar-refractivity contribution is 7.15. The smallest absolute Gasteiger partial charge is 0.229 e. The summed E-state index contributed by atoms with van der Waals surface area (Å²) in [5.74, 6) is 0.153. The number of hydrogen-bond donors (Lipinski definition) is 1. The second kappa shape index (κ2) is 9.45. The van der Waals surface area contributed by atoms with Gasteiger partial charge in [0.05, 0.1) is 5.92 Å². The lowest BCUT2D eigenvalue weighted by Gasteiger charge is -2.34. The zero-order chi connectivity index (χ0) is 22.9. The Morgan fingerprint density at radius 2 is 1.69 bits per heavy atom. The normalized spacial score (nSPS) is 23.6. The number of likely N-dealkylation sites (tertiary alicyclic amines) is 2. The lowest BCUT2D eigenvalue weighted by Crippen LogP contribution is -2.46. The van der Waals surface area contributed by atoms with Crippen LogP contribution < -0.4 is 5.32 Å². The maximum Gasteiger partial charge on any atom is 0.229 e. The molecule has 0 bridgehead atoms. The summed E-state index contributed by atoms with van der Waals surface area (Å²) in [5.41, 5.74) is -0.265. The largest absolute Gasteiger partial charge is 0.342 e. The molecule has 1 aromatic heterocycles. The Morgan fingerprint density at radius 1 is 1.00 bits per heavy atom. The van der Waals surface area contributed by atoms with Crippen molar-refractivity contribution in [2.75, 3.05) is 25.0 Å². The van der Waals surface area contributed by atoms with Crippen LogP contribution in [0, 0.1) is 11.8 Å². The number of nitrogens with one attached hydrogen (secondary N) is 1. The fraction of sp³-hybridized carbons (Fsp3) is 0.783. The third kappa shape index (κ3) is 5.13. The van der Waals surface area contributed by atoms with Crippen LogP contribution in [-0.4, -0.2) is 62.9 Å². The van der Waals surface area contributed by atoms with Crippen LogP contribution in [0.3, 0.4) is 0 Å². The van der Waals surface area contributed by atoms with Crippen molar-refractivity contribution in [3.05, 3.63) is 5.01 Å². The summed E-state index contributed by atoms with van der Waals surface area (Å²) in [6.07, 6.45) is 7.66. The lowest BCUT2D eigenvalue weighted by atomic mass is 9.90. The summed E-state index contributed by atoms with van der Waals surface area (Å²) >= 11 is 1.50. The van der Waals surface area contributed by atoms with E-state index < -0.39 is 0 Å². The quantitative estimate of drug-likeness (QED) is 0.741. The van der Waals surface area contributed by atoms with Gasteiger partial charge in [0, 0.05) is 43.4 Å². The zero-order valence-corrected chi connectivity index (χ0v) is 20.2. The minimum absolute atomic E-state index is 0.0293. The number of carbonyl (C=O) groups is 3. The number of piperidine rings is 1. The van der Waals surface area contributed by atoms with Crippen LogP contribution in [0.2, 0.25) is 0 Å². The molecule has 4 rings (SSSR count). The molecule has 1 N–H and O–H groups in total. The molecule has 32 heavy (non-hydrogen) atoms. The molecule has 2 saturated heterocycles. The van der Waals surface area contributed by atoms with E-state index in [0.29, 0.717) is 43.5 Å². The van der Waals surface area contributed by atoms with Gasteiger partial charge < -0.3 is 15.1 Å². The SMILES string of the molecule is CC(C)(C)N1CC(C(=O)N2CCC(C(=O)Nc3nnc(C4CCCCC4)s3)CC2)CC1=O. The van der Waals surface area contributed by atoms with E-state index in [1.165, 1.54) is 30.6 Å². The molecule has 3 fully saturated rings. The fourth-order valence-electron chi connectivity index (χ4n) is 5.15. The van der Waals surface area contributed by atoms with Gasteiger partial charge in [-0.05, 0) is 46.5 Å². The number of rotatable bonds is 4. The number of carbonyl (C=O) groups excluding carboxylic acids is 3. The van der Waals surface area contributed by atoms with Gasteiger partial charge >= 0.3 is 0 Å². The number of aromatic nitrogens is 2. The highest BCUT2D eigenvalue weighted by Gasteiger charge is 2.41. The molecule has 3 heterocycles. The minimum atomic E-state index is -0.272. The van der Waals surface area contributed by atoms with Gasteiger partial charge in [0.1, 0.15) is 5.01 Å². The van der Waals surface area contributed by atoms with E-state index in [2.05, 4.69) is 15.5 Å². The predicted molar refractivity (Wildman–Crippen MR) is 123 cm³/mol. The van der Waals surface area contributed by atoms with Crippen LogP contribution in [0.25, 0.3) is 0 Å². The zero-order valence-electron chi connectivity index (χ0n) is 19.4. The van der Waals surface area contributed by atoms with Crippen molar-refractivity contribution in [2.24, 2.45) is 11.8 Å². The molecule has 8 nitrogen and oxygen atoms in total. The lowest BCUT2D eigenvalue weighted by molar-refractivity contribution is -0.138. The fourth-order valence-corrected chi connectivity index (χ4v) is 6.06. The Balaban J connectivity index is 1.26. The van der Waals surface area contributed by atoms with Gasteiger partial charge in [-0.25, -0.2) is 0 Å². The van der Waals surface area contributed by atoms with Gasteiger partial charge in [-0.1, -0.05) is 30.6 Å². The third-order valence-corrected chi connectivity index (χ3v) is 8.09. The van der Waals surface area contributed by atoms with Crippen molar-refractivity contribution in [1.82, 2.24) is 20.0 Å². The number of amides is 3. The molecular weight excluding hydrogens is 426 g/mol. The topological polar surface area (TPSA) is 95.5 Å². The molecule has 0 spiro atoms. The molecule has 1 unspecified atom stereocenters. The molecule has 1 aliphatic carbocycles. The van der Waals surface area contributed by atoms with Gasteiger partial charge in [-0.15, -0.1) is 10.2 Å². The standard InChI is InChI=1S/C23H35N5O3S/c1-23(2,3)28-14-17(13-18(28)29)21(31)27-11-9-15(10-12-27)19(30)24-22-26-25-20(32-22)16-7-5-4-6-8-16/h15-17H,4-14H2,1-3H3,(H,24,26,30). The second-order valence-electron chi connectivity index (χ2n) is 10.4. The summed E-state index contributed by atoms with van der Waals surface area (Å²) in [5, 5.41) is 13.1. The highest BCUT2D eigenvalue weighted by Crippen LogP contribution is 2.35. The van der Waals surface area contributed by atoms with Crippen molar-refractivity contribution in [3.8, 4) is 0 Å². The Hall–Kier alpha value is -2.03. The van der Waals surface area contributed by atoms with E-state index in [1.807, 2.05) is 25.7 Å². The second-order valence-corrected chi connectivity index (χ2v) is 11.5. The summed E-state index contributed by atoms with van der Waals surface area (Å²) in [6, 6.07) is 0. The van der Waals surface area contributed by atoms with Crippen LogP contribution in [0.5, 0.6) is 0 Å². The van der Waals surface area contributed by atoms with E-state index >= 15 is 0 Å². The first-order valence-electron chi connectivity index (χ1n) is 12.0. The Morgan fingerprint density at radius 3 is 2.31 bits per heavy atom. The predicted octanol–water partition coefficient (Wildman–Crippen LogP) is 3.41. The number of hydrogen-bond acceptors (Lipinski definition) is 6.